The van der Waals surface area contributed by atoms with Gasteiger partial charge in [0.1, 0.15) is 4.83 Å². The first kappa shape index (κ1) is 14.8. The van der Waals surface area contributed by atoms with Crippen LogP contribution in [0.3, 0.4) is 0 Å². The van der Waals surface area contributed by atoms with Gasteiger partial charge < -0.3 is 5.32 Å². The number of amides is 1. The Balaban J connectivity index is 2.39. The highest BCUT2D eigenvalue weighted by Crippen LogP contribution is 2.26. The Hall–Kier alpha value is -1.30. The Morgan fingerprint density at radius 3 is 2.50 bits per heavy atom. The summed E-state index contributed by atoms with van der Waals surface area (Å²) in [6.45, 7) is 0.0475. The number of hydrogen-bond donors (Lipinski definition) is 1. The summed E-state index contributed by atoms with van der Waals surface area (Å²) in [6.07, 6.45) is -2.11. The summed E-state index contributed by atoms with van der Waals surface area (Å²) in [5.41, 5.74) is 0.470. The van der Waals surface area contributed by atoms with Gasteiger partial charge in [-0.05, 0) is 12.1 Å². The van der Waals surface area contributed by atoms with Gasteiger partial charge in [-0.15, -0.1) is 0 Å². The molecule has 1 unspecified atom stereocenters. The van der Waals surface area contributed by atoms with Crippen LogP contribution in [0, 0.1) is 0 Å². The van der Waals surface area contributed by atoms with Gasteiger partial charge in [-0.2, -0.15) is 13.2 Å². The predicted octanol–water partition coefficient (Wildman–Crippen LogP) is 3.30. The summed E-state index contributed by atoms with van der Waals surface area (Å²) in [5.74, 6) is -0.321. The van der Waals surface area contributed by atoms with Crippen LogP contribution in [0.5, 0.6) is 0 Å². The molecule has 1 aromatic carbocycles. The van der Waals surface area contributed by atoms with E-state index in [0.29, 0.717) is 5.56 Å². The van der Waals surface area contributed by atoms with Crippen LogP contribution in [-0.2, 0) is 0 Å². The van der Waals surface area contributed by atoms with E-state index in [0.717, 1.165) is 6.08 Å². The minimum absolute atomic E-state index is 0.0475. The molecule has 1 rings (SSSR count). The molecule has 2 nitrogen and oxygen atoms in total. The van der Waals surface area contributed by atoms with Crippen LogP contribution >= 0.6 is 15.9 Å². The van der Waals surface area contributed by atoms with E-state index in [1.165, 1.54) is 6.08 Å². The fraction of sp³-hybridized carbons (Fsp3) is 0.250. The Morgan fingerprint density at radius 2 is 1.94 bits per heavy atom. The standard InChI is InChI=1S/C12H11BrF3NO/c13-10(12(14,15)16)7-4-8-17-11(18)9-5-2-1-3-6-9/h1-7,10H,8H2,(H,17,18)/b7-4+. The molecule has 0 aromatic heterocycles. The van der Waals surface area contributed by atoms with E-state index >= 15 is 0 Å². The van der Waals surface area contributed by atoms with Crippen molar-refractivity contribution in [3.63, 3.8) is 0 Å². The molecule has 0 bridgehead atoms. The molecule has 1 N–H and O–H groups in total. The lowest BCUT2D eigenvalue weighted by Crippen LogP contribution is -2.24. The van der Waals surface area contributed by atoms with Crippen LogP contribution in [-0.4, -0.2) is 23.5 Å². The lowest BCUT2D eigenvalue weighted by molar-refractivity contribution is -0.118. The summed E-state index contributed by atoms with van der Waals surface area (Å²) in [6, 6.07) is 8.45. The van der Waals surface area contributed by atoms with Crippen LogP contribution in [0.15, 0.2) is 42.5 Å². The van der Waals surface area contributed by atoms with E-state index in [9.17, 15) is 18.0 Å². The molecule has 98 valence electrons. The largest absolute Gasteiger partial charge is 0.404 e. The smallest absolute Gasteiger partial charge is 0.349 e. The maximum Gasteiger partial charge on any atom is 0.404 e. The highest BCUT2D eigenvalue weighted by molar-refractivity contribution is 9.09. The van der Waals surface area contributed by atoms with Crippen LogP contribution in [0.25, 0.3) is 0 Å². The molecule has 1 amide bonds. The molecule has 0 saturated carbocycles. The van der Waals surface area contributed by atoms with Crippen molar-refractivity contribution in [3.05, 3.63) is 48.0 Å². The topological polar surface area (TPSA) is 29.1 Å². The van der Waals surface area contributed by atoms with Crippen LogP contribution in [0.1, 0.15) is 10.4 Å². The Bertz CT molecular complexity index is 417. The average molecular weight is 322 g/mol. The van der Waals surface area contributed by atoms with E-state index in [1.54, 1.807) is 30.3 Å². The Morgan fingerprint density at radius 1 is 1.33 bits per heavy atom. The summed E-state index contributed by atoms with van der Waals surface area (Å²) in [4.78, 5) is 9.81. The van der Waals surface area contributed by atoms with Gasteiger partial charge in [0.25, 0.3) is 5.91 Å². The monoisotopic (exact) mass is 321 g/mol. The van der Waals surface area contributed by atoms with Crippen molar-refractivity contribution in [1.29, 1.82) is 0 Å². The SMILES string of the molecule is O=C(NC/C=C/C(Br)C(F)(F)F)c1ccccc1. The van der Waals surface area contributed by atoms with Gasteiger partial charge in [-0.3, -0.25) is 4.79 Å². The molecule has 0 aliphatic heterocycles. The molecular formula is C12H11BrF3NO. The number of allylic oxidation sites excluding steroid dienone is 1. The maximum absolute atomic E-state index is 12.1. The zero-order chi connectivity index (χ0) is 13.6. The number of halogens is 4. The van der Waals surface area contributed by atoms with Crippen molar-refractivity contribution in [3.8, 4) is 0 Å². The highest BCUT2D eigenvalue weighted by atomic mass is 79.9. The molecule has 6 heteroatoms. The third-order valence-electron chi connectivity index (χ3n) is 2.03. The lowest BCUT2D eigenvalue weighted by atomic mass is 10.2. The number of carbonyl (C=O) groups is 1. The van der Waals surface area contributed by atoms with E-state index in [2.05, 4.69) is 21.2 Å². The van der Waals surface area contributed by atoms with E-state index in [4.69, 9.17) is 0 Å². The van der Waals surface area contributed by atoms with Gasteiger partial charge in [0, 0.05) is 12.1 Å². The van der Waals surface area contributed by atoms with Crippen molar-refractivity contribution < 1.29 is 18.0 Å². The minimum Gasteiger partial charge on any atom is -0.349 e. The lowest BCUT2D eigenvalue weighted by Gasteiger charge is -2.09. The second-order valence-electron chi connectivity index (χ2n) is 3.45. The van der Waals surface area contributed by atoms with Gasteiger partial charge in [0.15, 0.2) is 0 Å². The molecule has 0 aliphatic rings. The van der Waals surface area contributed by atoms with Gasteiger partial charge in [0.05, 0.1) is 0 Å². The molecule has 1 aromatic rings. The average Bonchev–Trinajstić information content (AvgIpc) is 2.34. The molecule has 0 aliphatic carbocycles. The highest BCUT2D eigenvalue weighted by Gasteiger charge is 2.35. The normalized spacial score (nSPS) is 13.6. The number of rotatable bonds is 4. The van der Waals surface area contributed by atoms with E-state index < -0.39 is 11.0 Å². The van der Waals surface area contributed by atoms with Gasteiger partial charge in [0.2, 0.25) is 0 Å². The predicted molar refractivity (Wildman–Crippen MR) is 66.7 cm³/mol. The first-order chi connectivity index (χ1) is 8.41. The van der Waals surface area contributed by atoms with E-state index in [1.807, 2.05) is 0 Å². The van der Waals surface area contributed by atoms with Gasteiger partial charge in [-0.25, -0.2) is 0 Å². The number of alkyl halides is 4. The summed E-state index contributed by atoms with van der Waals surface area (Å²) < 4.78 is 36.3. The molecule has 0 fully saturated rings. The fourth-order valence-corrected chi connectivity index (χ4v) is 1.36. The number of hydrogen-bond acceptors (Lipinski definition) is 1. The summed E-state index contributed by atoms with van der Waals surface area (Å²) in [5, 5.41) is 2.49. The number of benzene rings is 1. The molecule has 0 spiro atoms. The van der Waals surface area contributed by atoms with Crippen LogP contribution < -0.4 is 5.32 Å². The van der Waals surface area contributed by atoms with Crippen molar-refractivity contribution in [2.45, 2.75) is 11.0 Å². The third kappa shape index (κ3) is 4.91. The molecule has 18 heavy (non-hydrogen) atoms. The second kappa shape index (κ2) is 6.58. The second-order valence-corrected chi connectivity index (χ2v) is 4.43. The van der Waals surface area contributed by atoms with E-state index in [-0.39, 0.29) is 12.5 Å². The molecule has 0 heterocycles. The maximum atomic E-state index is 12.1. The summed E-state index contributed by atoms with van der Waals surface area (Å²) >= 11 is 2.49. The van der Waals surface area contributed by atoms with Crippen molar-refractivity contribution in [2.24, 2.45) is 0 Å². The Labute approximate surface area is 111 Å². The van der Waals surface area contributed by atoms with Crippen LogP contribution in [0.4, 0.5) is 13.2 Å². The molecule has 0 radical (unpaired) electrons. The first-order valence-corrected chi connectivity index (χ1v) is 6.03. The van der Waals surface area contributed by atoms with Gasteiger partial charge >= 0.3 is 6.18 Å². The zero-order valence-corrected chi connectivity index (χ0v) is 10.8. The summed E-state index contributed by atoms with van der Waals surface area (Å²) in [7, 11) is 0. The fourth-order valence-electron chi connectivity index (χ4n) is 1.14. The molecule has 0 saturated heterocycles. The van der Waals surface area contributed by atoms with Crippen molar-refractivity contribution >= 4 is 21.8 Å². The van der Waals surface area contributed by atoms with Crippen molar-refractivity contribution in [2.75, 3.05) is 6.54 Å². The number of carbonyl (C=O) groups excluding carboxylic acids is 1. The van der Waals surface area contributed by atoms with Crippen molar-refractivity contribution in [1.82, 2.24) is 5.32 Å². The Kier molecular flexibility index (Phi) is 5.40. The molecular weight excluding hydrogens is 311 g/mol. The molecule has 1 atom stereocenters. The third-order valence-corrected chi connectivity index (χ3v) is 2.86. The quantitative estimate of drug-likeness (QED) is 0.669. The van der Waals surface area contributed by atoms with Crippen LogP contribution in [0.2, 0.25) is 0 Å². The minimum atomic E-state index is -4.32. The zero-order valence-electron chi connectivity index (χ0n) is 9.25. The van der Waals surface area contributed by atoms with Gasteiger partial charge in [-0.1, -0.05) is 46.3 Å². The first-order valence-electron chi connectivity index (χ1n) is 5.12. The number of nitrogens with one attached hydrogen (secondary N) is 1.